The van der Waals surface area contributed by atoms with Gasteiger partial charge in [0, 0.05) is 0 Å². The van der Waals surface area contributed by atoms with E-state index in [0.29, 0.717) is 12.1 Å². The summed E-state index contributed by atoms with van der Waals surface area (Å²) in [6.45, 7) is -1.67. The van der Waals surface area contributed by atoms with Crippen LogP contribution in [0.5, 0.6) is 0 Å². The van der Waals surface area contributed by atoms with Crippen LogP contribution in [-0.4, -0.2) is 11.7 Å². The van der Waals surface area contributed by atoms with Crippen molar-refractivity contribution < 1.29 is 27.1 Å². The number of alkyl halides is 2. The Hall–Kier alpha value is -1.17. The molecule has 6 heteroatoms. The van der Waals surface area contributed by atoms with E-state index in [9.17, 15) is 22.0 Å². The second-order valence-electron chi connectivity index (χ2n) is 2.59. The molecule has 0 atom stereocenters. The van der Waals surface area contributed by atoms with Crippen molar-refractivity contribution in [3.63, 3.8) is 0 Å². The molecule has 0 fully saturated rings. The van der Waals surface area contributed by atoms with Gasteiger partial charge in [-0.25, -0.2) is 13.2 Å². The Labute approximate surface area is 75.8 Å². The summed E-state index contributed by atoms with van der Waals surface area (Å²) in [5, 5.41) is 8.20. The minimum atomic E-state index is -3.92. The zero-order valence-electron chi connectivity index (χ0n) is 6.70. The molecule has 0 amide bonds. The van der Waals surface area contributed by atoms with E-state index in [1.165, 1.54) is 0 Å². The van der Waals surface area contributed by atoms with Crippen LogP contribution in [-0.2, 0) is 5.92 Å². The van der Waals surface area contributed by atoms with Crippen molar-refractivity contribution in [2.24, 2.45) is 0 Å². The van der Waals surface area contributed by atoms with Crippen molar-refractivity contribution in [2.45, 2.75) is 5.92 Å². The molecule has 1 aromatic carbocycles. The van der Waals surface area contributed by atoms with Gasteiger partial charge in [-0.15, -0.1) is 0 Å². The average Bonchev–Trinajstić information content (AvgIpc) is 2.14. The Balaban J connectivity index is 3.31. The van der Waals surface area contributed by atoms with E-state index in [1.807, 2.05) is 0 Å². The molecule has 1 N–H and O–H groups in total. The maximum Gasteiger partial charge on any atom is 0.298 e. The largest absolute Gasteiger partial charge is 0.390 e. The van der Waals surface area contributed by atoms with Crippen LogP contribution >= 0.6 is 0 Å². The fourth-order valence-electron chi connectivity index (χ4n) is 0.894. The van der Waals surface area contributed by atoms with E-state index < -0.39 is 35.5 Å². The molecule has 0 saturated heterocycles. The van der Waals surface area contributed by atoms with Gasteiger partial charge in [-0.2, -0.15) is 8.78 Å². The smallest absolute Gasteiger partial charge is 0.298 e. The van der Waals surface area contributed by atoms with Gasteiger partial charge in [0.15, 0.2) is 17.5 Å². The maximum absolute atomic E-state index is 12.7. The Kier molecular flexibility index (Phi) is 2.75. The minimum absolute atomic E-state index is 0.372. The molecule has 1 rings (SSSR count). The Bertz CT molecular complexity index is 350. The zero-order valence-corrected chi connectivity index (χ0v) is 6.70. The summed E-state index contributed by atoms with van der Waals surface area (Å²) in [5.41, 5.74) is -1.36. The van der Waals surface area contributed by atoms with Crippen LogP contribution in [0.4, 0.5) is 22.0 Å². The number of benzene rings is 1. The molecule has 0 aliphatic rings. The van der Waals surface area contributed by atoms with Crippen molar-refractivity contribution in [3.05, 3.63) is 35.1 Å². The monoisotopic (exact) mass is 212 g/mol. The first-order valence-electron chi connectivity index (χ1n) is 3.53. The average molecular weight is 212 g/mol. The van der Waals surface area contributed by atoms with E-state index in [4.69, 9.17) is 5.11 Å². The lowest BCUT2D eigenvalue weighted by Crippen LogP contribution is -2.21. The normalized spacial score (nSPS) is 11.9. The highest BCUT2D eigenvalue weighted by atomic mass is 19.3. The van der Waals surface area contributed by atoms with Gasteiger partial charge < -0.3 is 5.11 Å². The van der Waals surface area contributed by atoms with Crippen molar-refractivity contribution in [1.82, 2.24) is 0 Å². The number of aliphatic hydroxyl groups excluding tert-OH is 1. The summed E-state index contributed by atoms with van der Waals surface area (Å²) >= 11 is 0. The van der Waals surface area contributed by atoms with E-state index in [-0.39, 0.29) is 0 Å². The molecule has 0 aliphatic carbocycles. The quantitative estimate of drug-likeness (QED) is 0.588. The molecule has 0 radical (unpaired) electrons. The van der Waals surface area contributed by atoms with Crippen LogP contribution in [0.3, 0.4) is 0 Å². The van der Waals surface area contributed by atoms with Crippen LogP contribution < -0.4 is 0 Å². The summed E-state index contributed by atoms with van der Waals surface area (Å²) in [7, 11) is 0. The van der Waals surface area contributed by atoms with Gasteiger partial charge in [0.1, 0.15) is 6.61 Å². The molecule has 78 valence electrons. The first-order chi connectivity index (χ1) is 6.40. The van der Waals surface area contributed by atoms with Crippen molar-refractivity contribution >= 4 is 0 Å². The van der Waals surface area contributed by atoms with Gasteiger partial charge in [-0.05, 0) is 12.1 Å². The van der Waals surface area contributed by atoms with Gasteiger partial charge >= 0.3 is 0 Å². The third-order valence-electron chi connectivity index (χ3n) is 1.63. The van der Waals surface area contributed by atoms with Crippen LogP contribution in [0.25, 0.3) is 0 Å². The highest BCUT2D eigenvalue weighted by Gasteiger charge is 2.35. The first kappa shape index (κ1) is 10.9. The van der Waals surface area contributed by atoms with Crippen molar-refractivity contribution in [1.29, 1.82) is 0 Å². The van der Waals surface area contributed by atoms with E-state index >= 15 is 0 Å². The summed E-state index contributed by atoms with van der Waals surface area (Å²) < 4.78 is 62.9. The first-order valence-corrected chi connectivity index (χ1v) is 3.53. The lowest BCUT2D eigenvalue weighted by molar-refractivity contribution is -0.0588. The highest BCUT2D eigenvalue weighted by molar-refractivity contribution is 5.24. The summed E-state index contributed by atoms with van der Waals surface area (Å²) in [5.74, 6) is -9.43. The predicted octanol–water partition coefficient (Wildman–Crippen LogP) is 2.19. The highest BCUT2D eigenvalue weighted by Crippen LogP contribution is 2.30. The molecule has 1 nitrogen and oxygen atoms in total. The second-order valence-corrected chi connectivity index (χ2v) is 2.59. The fourth-order valence-corrected chi connectivity index (χ4v) is 0.894. The molecule has 0 aromatic heterocycles. The molecule has 0 spiro atoms. The molecule has 1 aromatic rings. The molecular formula is C8H5F5O. The molecule has 0 saturated carbocycles. The summed E-state index contributed by atoms with van der Waals surface area (Å²) in [6.07, 6.45) is 0. The number of rotatable bonds is 2. The topological polar surface area (TPSA) is 20.2 Å². The van der Waals surface area contributed by atoms with Gasteiger partial charge in [-0.3, -0.25) is 0 Å². The number of hydrogen-bond donors (Lipinski definition) is 1. The molecule has 0 unspecified atom stereocenters. The molecule has 0 bridgehead atoms. The Morgan fingerprint density at radius 3 is 2.14 bits per heavy atom. The number of halogens is 5. The van der Waals surface area contributed by atoms with Gasteiger partial charge in [-0.1, -0.05) is 0 Å². The van der Waals surface area contributed by atoms with Crippen molar-refractivity contribution in [2.75, 3.05) is 6.61 Å². The lowest BCUT2D eigenvalue weighted by Gasteiger charge is -2.14. The SMILES string of the molecule is OCC(F)(F)c1ccc(F)c(F)c1F. The fraction of sp³-hybridized carbons (Fsp3) is 0.250. The van der Waals surface area contributed by atoms with Gasteiger partial charge in [0.2, 0.25) is 0 Å². The zero-order chi connectivity index (χ0) is 10.9. The second kappa shape index (κ2) is 3.53. The van der Waals surface area contributed by atoms with E-state index in [2.05, 4.69) is 0 Å². The van der Waals surface area contributed by atoms with Gasteiger partial charge in [0.05, 0.1) is 5.56 Å². The van der Waals surface area contributed by atoms with E-state index in [0.717, 1.165) is 0 Å². The van der Waals surface area contributed by atoms with Crippen LogP contribution in [0, 0.1) is 17.5 Å². The third kappa shape index (κ3) is 1.70. The molecule has 14 heavy (non-hydrogen) atoms. The standard InChI is InChI=1S/C8H5F5O/c9-5-2-1-4(6(10)7(5)11)8(12,13)3-14/h1-2,14H,3H2. The summed E-state index contributed by atoms with van der Waals surface area (Å²) in [4.78, 5) is 0. The van der Waals surface area contributed by atoms with Crippen LogP contribution in [0.1, 0.15) is 5.56 Å². The van der Waals surface area contributed by atoms with E-state index in [1.54, 1.807) is 0 Å². The van der Waals surface area contributed by atoms with Crippen molar-refractivity contribution in [3.8, 4) is 0 Å². The number of hydrogen-bond acceptors (Lipinski definition) is 1. The predicted molar refractivity (Wildman–Crippen MR) is 37.3 cm³/mol. The maximum atomic E-state index is 12.7. The molecule has 0 heterocycles. The van der Waals surface area contributed by atoms with Crippen LogP contribution in [0.15, 0.2) is 12.1 Å². The Morgan fingerprint density at radius 1 is 1.07 bits per heavy atom. The third-order valence-corrected chi connectivity index (χ3v) is 1.63. The van der Waals surface area contributed by atoms with Gasteiger partial charge in [0.25, 0.3) is 5.92 Å². The molecule has 0 aliphatic heterocycles. The minimum Gasteiger partial charge on any atom is -0.390 e. The van der Waals surface area contributed by atoms with Crippen LogP contribution in [0.2, 0.25) is 0 Å². The number of aliphatic hydroxyl groups is 1. The lowest BCUT2D eigenvalue weighted by atomic mass is 10.1. The summed E-state index contributed by atoms with van der Waals surface area (Å²) in [6, 6.07) is 0.765. The Morgan fingerprint density at radius 2 is 1.64 bits per heavy atom. The molecular weight excluding hydrogens is 207 g/mol.